The highest BCUT2D eigenvalue weighted by Crippen LogP contribution is 2.25. The van der Waals surface area contributed by atoms with Gasteiger partial charge >= 0.3 is 0 Å². The third-order valence-corrected chi connectivity index (χ3v) is 4.62. The molecule has 5 heteroatoms. The molecule has 3 rings (SSSR count). The normalized spacial score (nSPS) is 16.9. The zero-order valence-corrected chi connectivity index (χ0v) is 14.7. The summed E-state index contributed by atoms with van der Waals surface area (Å²) in [5.74, 6) is -0.673. The summed E-state index contributed by atoms with van der Waals surface area (Å²) in [6, 6.07) is 10.6. The van der Waals surface area contributed by atoms with Crippen LogP contribution in [0.3, 0.4) is 0 Å². The molecule has 2 aromatic carbocycles. The van der Waals surface area contributed by atoms with E-state index in [1.807, 2.05) is 0 Å². The number of ketones is 1. The van der Waals surface area contributed by atoms with Crippen LogP contribution in [-0.4, -0.2) is 24.6 Å². The van der Waals surface area contributed by atoms with Crippen LogP contribution in [0.2, 0.25) is 0 Å². The number of ether oxygens (including phenoxy) is 1. The topological polar surface area (TPSA) is 38.7 Å². The number of carbonyl (C=O) groups is 1. The van der Waals surface area contributed by atoms with Crippen molar-refractivity contribution in [2.24, 2.45) is 4.99 Å². The van der Waals surface area contributed by atoms with Crippen LogP contribution in [0.5, 0.6) is 5.75 Å². The molecule has 0 amide bonds. The number of hydrogen-bond acceptors (Lipinski definition) is 3. The summed E-state index contributed by atoms with van der Waals surface area (Å²) in [6.07, 6.45) is 3.66. The van der Waals surface area contributed by atoms with Crippen molar-refractivity contribution in [1.82, 2.24) is 0 Å². The lowest BCUT2D eigenvalue weighted by Gasteiger charge is -2.21. The van der Waals surface area contributed by atoms with Crippen molar-refractivity contribution in [3.8, 4) is 5.75 Å². The Hall–Kier alpha value is -2.56. The highest BCUT2D eigenvalue weighted by molar-refractivity contribution is 6.01. The average Bonchev–Trinajstić information content (AvgIpc) is 2.66. The fraction of sp³-hybridized carbons (Fsp3) is 0.333. The van der Waals surface area contributed by atoms with Gasteiger partial charge in [-0.15, -0.1) is 0 Å². The van der Waals surface area contributed by atoms with E-state index >= 15 is 0 Å². The fourth-order valence-corrected chi connectivity index (χ4v) is 3.23. The van der Waals surface area contributed by atoms with E-state index in [4.69, 9.17) is 9.73 Å². The lowest BCUT2D eigenvalue weighted by atomic mass is 9.94. The predicted octanol–water partition coefficient (Wildman–Crippen LogP) is 4.98. The summed E-state index contributed by atoms with van der Waals surface area (Å²) in [5, 5.41) is 0. The predicted molar refractivity (Wildman–Crippen MR) is 97.1 cm³/mol. The highest BCUT2D eigenvalue weighted by atomic mass is 19.1. The van der Waals surface area contributed by atoms with Gasteiger partial charge in [0.05, 0.1) is 13.2 Å². The van der Waals surface area contributed by atoms with E-state index in [1.165, 1.54) is 25.3 Å². The van der Waals surface area contributed by atoms with E-state index in [-0.39, 0.29) is 17.6 Å². The first-order valence-corrected chi connectivity index (χ1v) is 8.76. The Bertz CT molecular complexity index is 833. The van der Waals surface area contributed by atoms with Crippen LogP contribution < -0.4 is 4.74 Å². The van der Waals surface area contributed by atoms with Gasteiger partial charge in [-0.2, -0.15) is 0 Å². The first-order valence-electron chi connectivity index (χ1n) is 8.76. The standard InChI is InChI=1S/C21H21F2NO2/c1-26-21-13-14(8-10-18(21)23)19-7-3-6-17(24-19)9-11-20(25)15-4-2-5-16(22)12-15/h2,4-5,8,10,12-13,17H,3,6-7,9,11H2,1H3. The fourth-order valence-electron chi connectivity index (χ4n) is 3.23. The van der Waals surface area contributed by atoms with Crippen LogP contribution in [0.4, 0.5) is 8.78 Å². The molecule has 1 heterocycles. The monoisotopic (exact) mass is 357 g/mol. The molecule has 1 aliphatic rings. The van der Waals surface area contributed by atoms with Gasteiger partial charge in [-0.1, -0.05) is 12.1 Å². The number of Topliss-reactive ketones (excluding diaryl/α,β-unsaturated/α-hetero) is 1. The number of carbonyl (C=O) groups excluding carboxylic acids is 1. The Morgan fingerprint density at radius 2 is 2.08 bits per heavy atom. The quantitative estimate of drug-likeness (QED) is 0.684. The van der Waals surface area contributed by atoms with Crippen LogP contribution in [-0.2, 0) is 0 Å². The number of hydrogen-bond donors (Lipinski definition) is 0. The molecule has 136 valence electrons. The molecule has 0 saturated carbocycles. The minimum atomic E-state index is -0.404. The van der Waals surface area contributed by atoms with Gasteiger partial charge < -0.3 is 4.74 Å². The maximum atomic E-state index is 13.6. The third-order valence-electron chi connectivity index (χ3n) is 4.62. The number of nitrogens with zero attached hydrogens (tertiary/aromatic N) is 1. The summed E-state index contributed by atoms with van der Waals surface area (Å²) >= 11 is 0. The Balaban J connectivity index is 1.67. The molecule has 1 unspecified atom stereocenters. The van der Waals surface area contributed by atoms with Crippen LogP contribution in [0.25, 0.3) is 0 Å². The lowest BCUT2D eigenvalue weighted by Crippen LogP contribution is -2.18. The van der Waals surface area contributed by atoms with Gasteiger partial charge in [0.25, 0.3) is 0 Å². The third kappa shape index (κ3) is 4.34. The number of halogens is 2. The van der Waals surface area contributed by atoms with Crippen molar-refractivity contribution in [2.45, 2.75) is 38.1 Å². The van der Waals surface area contributed by atoms with E-state index < -0.39 is 11.6 Å². The number of aliphatic imine (C=N–C) groups is 1. The maximum absolute atomic E-state index is 13.6. The summed E-state index contributed by atoms with van der Waals surface area (Å²) in [5.41, 5.74) is 2.16. The van der Waals surface area contributed by atoms with Crippen LogP contribution in [0.1, 0.15) is 48.0 Å². The lowest BCUT2D eigenvalue weighted by molar-refractivity contribution is 0.0976. The van der Waals surface area contributed by atoms with Crippen molar-refractivity contribution >= 4 is 11.5 Å². The smallest absolute Gasteiger partial charge is 0.165 e. The van der Waals surface area contributed by atoms with Gasteiger partial charge in [-0.05, 0) is 61.6 Å². The van der Waals surface area contributed by atoms with Gasteiger partial charge in [-0.25, -0.2) is 8.78 Å². The maximum Gasteiger partial charge on any atom is 0.165 e. The van der Waals surface area contributed by atoms with E-state index in [0.29, 0.717) is 18.4 Å². The minimum Gasteiger partial charge on any atom is -0.494 e. The SMILES string of the molecule is COc1cc(C2=NC(CCC(=O)c3cccc(F)c3)CCC2)ccc1F. The van der Waals surface area contributed by atoms with Crippen molar-refractivity contribution < 1.29 is 18.3 Å². The molecule has 0 aliphatic carbocycles. The summed E-state index contributed by atoms with van der Waals surface area (Å²) in [7, 11) is 1.44. The van der Waals surface area contributed by atoms with Crippen molar-refractivity contribution in [3.63, 3.8) is 0 Å². The van der Waals surface area contributed by atoms with E-state index in [1.54, 1.807) is 24.3 Å². The van der Waals surface area contributed by atoms with Gasteiger partial charge in [0.1, 0.15) is 5.82 Å². The van der Waals surface area contributed by atoms with E-state index in [2.05, 4.69) is 0 Å². The molecule has 0 saturated heterocycles. The zero-order chi connectivity index (χ0) is 18.5. The Labute approximate surface area is 151 Å². The van der Waals surface area contributed by atoms with Gasteiger partial charge in [0.2, 0.25) is 0 Å². The first-order chi connectivity index (χ1) is 12.6. The summed E-state index contributed by atoms with van der Waals surface area (Å²) in [6.45, 7) is 0. The van der Waals surface area contributed by atoms with Crippen LogP contribution in [0.15, 0.2) is 47.5 Å². The van der Waals surface area contributed by atoms with Gasteiger partial charge in [0.15, 0.2) is 17.3 Å². The van der Waals surface area contributed by atoms with Gasteiger partial charge in [-0.3, -0.25) is 9.79 Å². The second-order valence-electron chi connectivity index (χ2n) is 6.44. The molecular formula is C21H21F2NO2. The molecule has 0 spiro atoms. The summed E-state index contributed by atoms with van der Waals surface area (Å²) in [4.78, 5) is 17.0. The largest absolute Gasteiger partial charge is 0.494 e. The molecule has 1 atom stereocenters. The molecule has 0 aromatic heterocycles. The Morgan fingerprint density at radius 1 is 1.23 bits per heavy atom. The molecule has 0 fully saturated rings. The second kappa shape index (κ2) is 8.21. The first kappa shape index (κ1) is 18.2. The molecule has 0 N–H and O–H groups in total. The average molecular weight is 357 g/mol. The minimum absolute atomic E-state index is 0.0484. The molecule has 3 nitrogen and oxygen atoms in total. The molecule has 1 aliphatic heterocycles. The second-order valence-corrected chi connectivity index (χ2v) is 6.44. The van der Waals surface area contributed by atoms with Crippen LogP contribution >= 0.6 is 0 Å². The molecule has 26 heavy (non-hydrogen) atoms. The molecule has 0 radical (unpaired) electrons. The van der Waals surface area contributed by atoms with E-state index in [0.717, 1.165) is 30.5 Å². The highest BCUT2D eigenvalue weighted by Gasteiger charge is 2.19. The zero-order valence-electron chi connectivity index (χ0n) is 14.7. The van der Waals surface area contributed by atoms with Gasteiger partial charge in [0, 0.05) is 17.7 Å². The van der Waals surface area contributed by atoms with Crippen molar-refractivity contribution in [2.75, 3.05) is 7.11 Å². The Kier molecular flexibility index (Phi) is 5.76. The Morgan fingerprint density at radius 3 is 2.85 bits per heavy atom. The van der Waals surface area contributed by atoms with Crippen molar-refractivity contribution in [1.29, 1.82) is 0 Å². The van der Waals surface area contributed by atoms with Crippen LogP contribution in [0, 0.1) is 11.6 Å². The molecular weight excluding hydrogens is 336 g/mol. The van der Waals surface area contributed by atoms with E-state index in [9.17, 15) is 13.6 Å². The van der Waals surface area contributed by atoms with Crippen molar-refractivity contribution in [3.05, 3.63) is 65.2 Å². The number of methoxy groups -OCH3 is 1. The number of benzene rings is 2. The summed E-state index contributed by atoms with van der Waals surface area (Å²) < 4.78 is 31.9. The number of rotatable bonds is 6. The molecule has 0 bridgehead atoms. The molecule has 2 aromatic rings.